The van der Waals surface area contributed by atoms with Crippen LogP contribution in [0.15, 0.2) is 24.3 Å². The summed E-state index contributed by atoms with van der Waals surface area (Å²) in [5, 5.41) is 9.08. The summed E-state index contributed by atoms with van der Waals surface area (Å²) in [6.45, 7) is 0. The summed E-state index contributed by atoms with van der Waals surface area (Å²) < 4.78 is 0. The zero-order valence-corrected chi connectivity index (χ0v) is 7.81. The highest BCUT2D eigenvalue weighted by Gasteiger charge is 2.32. The van der Waals surface area contributed by atoms with Crippen LogP contribution in [0, 0.1) is 0 Å². The molecule has 2 unspecified atom stereocenters. The van der Waals surface area contributed by atoms with Gasteiger partial charge in [-0.2, -0.15) is 0 Å². The second-order valence-electron chi connectivity index (χ2n) is 3.72. The van der Waals surface area contributed by atoms with E-state index in [0.717, 1.165) is 24.0 Å². The Kier molecular flexibility index (Phi) is 2.25. The van der Waals surface area contributed by atoms with Gasteiger partial charge < -0.3 is 10.8 Å². The van der Waals surface area contributed by atoms with Crippen molar-refractivity contribution in [1.82, 2.24) is 0 Å². The molecule has 0 saturated carbocycles. The molecule has 0 amide bonds. The molecule has 0 aromatic heterocycles. The first-order chi connectivity index (χ1) is 6.70. The highest BCUT2D eigenvalue weighted by Crippen LogP contribution is 2.30. The molecule has 0 heterocycles. The molecule has 3 nitrogen and oxygen atoms in total. The molecule has 1 aromatic rings. The summed E-state index contributed by atoms with van der Waals surface area (Å²) in [4.78, 5) is 11.0. The van der Waals surface area contributed by atoms with E-state index in [2.05, 4.69) is 0 Å². The molecule has 74 valence electrons. The lowest BCUT2D eigenvalue weighted by Crippen LogP contribution is -2.37. The fourth-order valence-electron chi connectivity index (χ4n) is 2.10. The van der Waals surface area contributed by atoms with Gasteiger partial charge in [-0.05, 0) is 24.0 Å². The molecule has 2 atom stereocenters. The summed E-state index contributed by atoms with van der Waals surface area (Å²) in [6, 6.07) is 7.41. The summed E-state index contributed by atoms with van der Waals surface area (Å²) in [5.74, 6) is -1.34. The predicted molar refractivity (Wildman–Crippen MR) is 53.1 cm³/mol. The number of rotatable bonds is 1. The minimum atomic E-state index is -0.815. The quantitative estimate of drug-likeness (QED) is 0.699. The first-order valence-corrected chi connectivity index (χ1v) is 4.76. The summed E-state index contributed by atoms with van der Waals surface area (Å²) in [6.07, 6.45) is 1.65. The number of nitrogens with two attached hydrogens (primary N) is 1. The number of carboxylic acid groups (broad SMARTS) is 1. The molecule has 0 aliphatic heterocycles. The van der Waals surface area contributed by atoms with Crippen molar-refractivity contribution in [3.63, 3.8) is 0 Å². The van der Waals surface area contributed by atoms with Crippen molar-refractivity contribution in [3.8, 4) is 0 Å². The Morgan fingerprint density at radius 1 is 1.43 bits per heavy atom. The van der Waals surface area contributed by atoms with E-state index >= 15 is 0 Å². The minimum Gasteiger partial charge on any atom is -0.481 e. The van der Waals surface area contributed by atoms with Crippen molar-refractivity contribution in [3.05, 3.63) is 35.4 Å². The van der Waals surface area contributed by atoms with Crippen LogP contribution in [-0.4, -0.2) is 17.1 Å². The summed E-state index contributed by atoms with van der Waals surface area (Å²) in [5.41, 5.74) is 7.83. The van der Waals surface area contributed by atoms with Gasteiger partial charge in [-0.25, -0.2) is 0 Å². The summed E-state index contributed by atoms with van der Waals surface area (Å²) >= 11 is 0. The third kappa shape index (κ3) is 1.40. The van der Waals surface area contributed by atoms with Crippen LogP contribution in [0.5, 0.6) is 0 Å². The third-order valence-corrected chi connectivity index (χ3v) is 2.83. The maximum Gasteiger partial charge on any atom is 0.312 e. The number of benzene rings is 1. The zero-order chi connectivity index (χ0) is 10.1. The standard InChI is InChI=1S/C11H13NO2/c12-9-6-5-7-3-1-2-4-8(7)10(9)11(13)14/h1-4,9-10H,5-6,12H2,(H,13,14). The Balaban J connectivity index is 2.46. The van der Waals surface area contributed by atoms with Gasteiger partial charge in [0.25, 0.3) is 0 Å². The van der Waals surface area contributed by atoms with Gasteiger partial charge in [0.2, 0.25) is 0 Å². The fraction of sp³-hybridized carbons (Fsp3) is 0.364. The van der Waals surface area contributed by atoms with Gasteiger partial charge in [0.15, 0.2) is 0 Å². The van der Waals surface area contributed by atoms with Gasteiger partial charge >= 0.3 is 5.97 Å². The van der Waals surface area contributed by atoms with E-state index in [1.165, 1.54) is 0 Å². The lowest BCUT2D eigenvalue weighted by atomic mass is 9.80. The third-order valence-electron chi connectivity index (χ3n) is 2.83. The number of fused-ring (bicyclic) bond motifs is 1. The lowest BCUT2D eigenvalue weighted by molar-refractivity contribution is -0.139. The van der Waals surface area contributed by atoms with Crippen LogP contribution in [-0.2, 0) is 11.2 Å². The molecule has 14 heavy (non-hydrogen) atoms. The average Bonchev–Trinajstić information content (AvgIpc) is 2.17. The highest BCUT2D eigenvalue weighted by atomic mass is 16.4. The second kappa shape index (κ2) is 3.42. The van der Waals surface area contributed by atoms with Crippen molar-refractivity contribution in [1.29, 1.82) is 0 Å². The Morgan fingerprint density at radius 2 is 2.14 bits per heavy atom. The normalized spacial score (nSPS) is 25.5. The second-order valence-corrected chi connectivity index (χ2v) is 3.72. The molecule has 0 fully saturated rings. The molecule has 0 saturated heterocycles. The molecule has 3 N–H and O–H groups in total. The molecule has 2 rings (SSSR count). The van der Waals surface area contributed by atoms with Gasteiger partial charge in [-0.1, -0.05) is 24.3 Å². The van der Waals surface area contributed by atoms with Crippen molar-refractivity contribution in [2.24, 2.45) is 5.73 Å². The SMILES string of the molecule is NC1CCc2ccccc2C1C(=O)O. The van der Waals surface area contributed by atoms with Gasteiger partial charge in [-0.15, -0.1) is 0 Å². The molecular formula is C11H13NO2. The van der Waals surface area contributed by atoms with Gasteiger partial charge in [0.05, 0.1) is 5.92 Å². The van der Waals surface area contributed by atoms with E-state index in [9.17, 15) is 4.79 Å². The molecular weight excluding hydrogens is 178 g/mol. The maximum atomic E-state index is 11.0. The number of carbonyl (C=O) groups is 1. The zero-order valence-electron chi connectivity index (χ0n) is 7.81. The monoisotopic (exact) mass is 191 g/mol. The molecule has 3 heteroatoms. The van der Waals surface area contributed by atoms with E-state index in [1.54, 1.807) is 0 Å². The minimum absolute atomic E-state index is 0.248. The predicted octanol–water partition coefficient (Wildman–Crippen LogP) is 1.13. The fourth-order valence-corrected chi connectivity index (χ4v) is 2.10. The topological polar surface area (TPSA) is 63.3 Å². The molecule has 1 aliphatic carbocycles. The largest absolute Gasteiger partial charge is 0.481 e. The number of carboxylic acids is 1. The van der Waals surface area contributed by atoms with E-state index in [1.807, 2.05) is 24.3 Å². The highest BCUT2D eigenvalue weighted by molar-refractivity contribution is 5.78. The summed E-state index contributed by atoms with van der Waals surface area (Å²) in [7, 11) is 0. The van der Waals surface area contributed by atoms with Crippen molar-refractivity contribution >= 4 is 5.97 Å². The van der Waals surface area contributed by atoms with Crippen LogP contribution < -0.4 is 5.73 Å². The first-order valence-electron chi connectivity index (χ1n) is 4.76. The van der Waals surface area contributed by atoms with Crippen molar-refractivity contribution in [2.45, 2.75) is 24.8 Å². The molecule has 1 aromatic carbocycles. The number of aryl methyl sites for hydroxylation is 1. The first kappa shape index (κ1) is 9.21. The van der Waals surface area contributed by atoms with E-state index in [4.69, 9.17) is 10.8 Å². The van der Waals surface area contributed by atoms with E-state index in [0.29, 0.717) is 0 Å². The maximum absolute atomic E-state index is 11.0. The van der Waals surface area contributed by atoms with Crippen LogP contribution in [0.2, 0.25) is 0 Å². The Labute approximate surface area is 82.5 Å². The Bertz CT molecular complexity index is 362. The Morgan fingerprint density at radius 3 is 2.86 bits per heavy atom. The van der Waals surface area contributed by atoms with Gasteiger partial charge in [0.1, 0.15) is 0 Å². The van der Waals surface area contributed by atoms with Crippen LogP contribution >= 0.6 is 0 Å². The van der Waals surface area contributed by atoms with Crippen molar-refractivity contribution in [2.75, 3.05) is 0 Å². The average molecular weight is 191 g/mol. The van der Waals surface area contributed by atoms with E-state index < -0.39 is 11.9 Å². The number of hydrogen-bond donors (Lipinski definition) is 2. The Hall–Kier alpha value is -1.35. The smallest absolute Gasteiger partial charge is 0.312 e. The molecule has 0 radical (unpaired) electrons. The van der Waals surface area contributed by atoms with Crippen LogP contribution in [0.1, 0.15) is 23.5 Å². The van der Waals surface area contributed by atoms with E-state index in [-0.39, 0.29) is 6.04 Å². The van der Waals surface area contributed by atoms with Crippen LogP contribution in [0.25, 0.3) is 0 Å². The van der Waals surface area contributed by atoms with Crippen LogP contribution in [0.3, 0.4) is 0 Å². The number of aliphatic carboxylic acids is 1. The molecule has 1 aliphatic rings. The van der Waals surface area contributed by atoms with Gasteiger partial charge in [-0.3, -0.25) is 4.79 Å². The number of hydrogen-bond acceptors (Lipinski definition) is 2. The molecule has 0 spiro atoms. The van der Waals surface area contributed by atoms with Crippen LogP contribution in [0.4, 0.5) is 0 Å². The lowest BCUT2D eigenvalue weighted by Gasteiger charge is -2.27. The van der Waals surface area contributed by atoms with Gasteiger partial charge in [0, 0.05) is 6.04 Å². The van der Waals surface area contributed by atoms with Crippen molar-refractivity contribution < 1.29 is 9.90 Å². The molecule has 0 bridgehead atoms.